The number of rotatable bonds is 2. The van der Waals surface area contributed by atoms with E-state index in [2.05, 4.69) is 0 Å². The quantitative estimate of drug-likeness (QED) is 0.799. The summed E-state index contributed by atoms with van der Waals surface area (Å²) in [5, 5.41) is 0. The number of ether oxygens (including phenoxy) is 2. The molecule has 3 heterocycles. The monoisotopic (exact) mass is 251 g/mol. The van der Waals surface area contributed by atoms with Crippen molar-refractivity contribution in [2.24, 2.45) is 5.92 Å². The Balaban J connectivity index is 1.55. The van der Waals surface area contributed by atoms with Crippen molar-refractivity contribution in [3.8, 4) is 0 Å². The number of amides is 1. The summed E-state index contributed by atoms with van der Waals surface area (Å²) in [5.41, 5.74) is 0. The third-order valence-electron chi connectivity index (χ3n) is 3.59. The molecule has 1 aromatic heterocycles. The predicted molar refractivity (Wildman–Crippen MR) is 63.0 cm³/mol. The van der Waals surface area contributed by atoms with Gasteiger partial charge in [0, 0.05) is 19.0 Å². The fourth-order valence-corrected chi connectivity index (χ4v) is 2.58. The largest absolute Gasteiger partial charge is 0.459 e. The van der Waals surface area contributed by atoms with Gasteiger partial charge in [-0.3, -0.25) is 4.79 Å². The average Bonchev–Trinajstić information content (AvgIpc) is 3.11. The van der Waals surface area contributed by atoms with E-state index in [0.717, 1.165) is 25.9 Å². The van der Waals surface area contributed by atoms with Gasteiger partial charge in [-0.25, -0.2) is 0 Å². The molecule has 2 saturated heterocycles. The lowest BCUT2D eigenvalue weighted by Gasteiger charge is -2.33. The van der Waals surface area contributed by atoms with Crippen molar-refractivity contribution in [3.63, 3.8) is 0 Å². The van der Waals surface area contributed by atoms with Crippen molar-refractivity contribution in [2.75, 3.05) is 26.3 Å². The minimum absolute atomic E-state index is 0.0216. The van der Waals surface area contributed by atoms with Gasteiger partial charge in [0.1, 0.15) is 0 Å². The van der Waals surface area contributed by atoms with Gasteiger partial charge in [0.2, 0.25) is 0 Å². The minimum Gasteiger partial charge on any atom is -0.459 e. The molecule has 5 nitrogen and oxygen atoms in total. The first kappa shape index (κ1) is 11.7. The van der Waals surface area contributed by atoms with Crippen LogP contribution in [0.3, 0.4) is 0 Å². The first-order valence-corrected chi connectivity index (χ1v) is 6.40. The average molecular weight is 251 g/mol. The summed E-state index contributed by atoms with van der Waals surface area (Å²) in [4.78, 5) is 13.9. The molecule has 5 heteroatoms. The molecule has 0 saturated carbocycles. The lowest BCUT2D eigenvalue weighted by Crippen LogP contribution is -2.41. The number of nitrogens with zero attached hydrogens (tertiary/aromatic N) is 1. The van der Waals surface area contributed by atoms with Crippen LogP contribution in [0, 0.1) is 5.92 Å². The minimum atomic E-state index is -0.0640. The maximum absolute atomic E-state index is 12.1. The van der Waals surface area contributed by atoms with E-state index in [9.17, 15) is 4.79 Å². The fourth-order valence-electron chi connectivity index (χ4n) is 2.58. The van der Waals surface area contributed by atoms with E-state index >= 15 is 0 Å². The molecule has 0 aromatic carbocycles. The topological polar surface area (TPSA) is 51.9 Å². The Bertz CT molecular complexity index is 389. The van der Waals surface area contributed by atoms with Crippen molar-refractivity contribution in [1.29, 1.82) is 0 Å². The van der Waals surface area contributed by atoms with Crippen molar-refractivity contribution in [3.05, 3.63) is 24.2 Å². The zero-order chi connectivity index (χ0) is 12.4. The molecule has 3 rings (SSSR count). The Kier molecular flexibility index (Phi) is 3.34. The van der Waals surface area contributed by atoms with Gasteiger partial charge < -0.3 is 18.8 Å². The Morgan fingerprint density at radius 3 is 2.56 bits per heavy atom. The fraction of sp³-hybridized carbons (Fsp3) is 0.615. The molecule has 0 radical (unpaired) electrons. The van der Waals surface area contributed by atoms with Crippen LogP contribution in [0.15, 0.2) is 22.8 Å². The van der Waals surface area contributed by atoms with E-state index in [4.69, 9.17) is 13.9 Å². The van der Waals surface area contributed by atoms with Gasteiger partial charge in [-0.15, -0.1) is 0 Å². The molecule has 98 valence electrons. The second kappa shape index (κ2) is 5.12. The molecule has 0 bridgehead atoms. The van der Waals surface area contributed by atoms with Crippen LogP contribution in [0.1, 0.15) is 23.4 Å². The summed E-state index contributed by atoms with van der Waals surface area (Å²) in [6.07, 6.45) is 3.32. The summed E-state index contributed by atoms with van der Waals surface area (Å²) in [7, 11) is 0. The molecule has 2 aliphatic rings. The SMILES string of the molecule is O=C(c1ccco1)N1CCC(C2OCCO2)CC1. The standard InChI is InChI=1S/C13H17NO4/c15-12(11-2-1-7-16-11)14-5-3-10(4-6-14)13-17-8-9-18-13/h1-2,7,10,13H,3-6,8-9H2. The molecule has 18 heavy (non-hydrogen) atoms. The Hall–Kier alpha value is -1.33. The molecule has 1 amide bonds. The second-order valence-electron chi connectivity index (χ2n) is 4.72. The number of hydrogen-bond acceptors (Lipinski definition) is 4. The van der Waals surface area contributed by atoms with E-state index in [1.807, 2.05) is 4.90 Å². The molecule has 2 fully saturated rings. The summed E-state index contributed by atoms with van der Waals surface area (Å²) in [6.45, 7) is 2.87. The van der Waals surface area contributed by atoms with Gasteiger partial charge in [-0.2, -0.15) is 0 Å². The lowest BCUT2D eigenvalue weighted by molar-refractivity contribution is -0.0956. The first-order chi connectivity index (χ1) is 8.84. The first-order valence-electron chi connectivity index (χ1n) is 6.40. The molecule has 0 spiro atoms. The normalized spacial score (nSPS) is 22.6. The van der Waals surface area contributed by atoms with Crippen LogP contribution in [-0.2, 0) is 9.47 Å². The van der Waals surface area contributed by atoms with Crippen LogP contribution in [0.2, 0.25) is 0 Å². The van der Waals surface area contributed by atoms with Crippen molar-refractivity contribution >= 4 is 5.91 Å². The van der Waals surface area contributed by atoms with Crippen LogP contribution < -0.4 is 0 Å². The number of hydrogen-bond donors (Lipinski definition) is 0. The molecule has 0 unspecified atom stereocenters. The zero-order valence-corrected chi connectivity index (χ0v) is 10.2. The second-order valence-corrected chi connectivity index (χ2v) is 4.72. The van der Waals surface area contributed by atoms with E-state index in [-0.39, 0.29) is 12.2 Å². The van der Waals surface area contributed by atoms with Crippen LogP contribution in [0.4, 0.5) is 0 Å². The highest BCUT2D eigenvalue weighted by atomic mass is 16.7. The molecule has 0 N–H and O–H groups in total. The Labute approximate surface area is 106 Å². The molecular weight excluding hydrogens is 234 g/mol. The number of furan rings is 1. The summed E-state index contributed by atoms with van der Waals surface area (Å²) < 4.78 is 16.2. The lowest BCUT2D eigenvalue weighted by atomic mass is 9.96. The van der Waals surface area contributed by atoms with E-state index in [0.29, 0.717) is 24.9 Å². The highest BCUT2D eigenvalue weighted by Gasteiger charge is 2.32. The smallest absolute Gasteiger partial charge is 0.289 e. The maximum Gasteiger partial charge on any atom is 0.289 e. The molecule has 1 aromatic rings. The molecule has 0 aliphatic carbocycles. The van der Waals surface area contributed by atoms with E-state index < -0.39 is 0 Å². The van der Waals surface area contributed by atoms with Crippen LogP contribution in [0.25, 0.3) is 0 Å². The van der Waals surface area contributed by atoms with Gasteiger partial charge in [0.25, 0.3) is 5.91 Å². The van der Waals surface area contributed by atoms with Crippen molar-refractivity contribution in [1.82, 2.24) is 4.90 Å². The van der Waals surface area contributed by atoms with E-state index in [1.54, 1.807) is 12.1 Å². The van der Waals surface area contributed by atoms with Crippen molar-refractivity contribution < 1.29 is 18.7 Å². The summed E-state index contributed by atoms with van der Waals surface area (Å²) in [5.74, 6) is 0.807. The number of carbonyl (C=O) groups excluding carboxylic acids is 1. The maximum atomic E-state index is 12.1. The Morgan fingerprint density at radius 2 is 1.94 bits per heavy atom. The van der Waals surface area contributed by atoms with Crippen LogP contribution in [-0.4, -0.2) is 43.4 Å². The molecule has 2 aliphatic heterocycles. The van der Waals surface area contributed by atoms with Gasteiger partial charge in [-0.05, 0) is 25.0 Å². The van der Waals surface area contributed by atoms with Gasteiger partial charge in [0.05, 0.1) is 19.5 Å². The number of carbonyl (C=O) groups is 1. The molecular formula is C13H17NO4. The van der Waals surface area contributed by atoms with Crippen molar-refractivity contribution in [2.45, 2.75) is 19.1 Å². The molecule has 0 atom stereocenters. The Morgan fingerprint density at radius 1 is 1.22 bits per heavy atom. The third kappa shape index (κ3) is 2.28. The van der Waals surface area contributed by atoms with Gasteiger partial charge >= 0.3 is 0 Å². The van der Waals surface area contributed by atoms with Crippen LogP contribution >= 0.6 is 0 Å². The van der Waals surface area contributed by atoms with E-state index in [1.165, 1.54) is 6.26 Å². The summed E-state index contributed by atoms with van der Waals surface area (Å²) in [6, 6.07) is 3.44. The number of likely N-dealkylation sites (tertiary alicyclic amines) is 1. The van der Waals surface area contributed by atoms with Crippen LogP contribution in [0.5, 0.6) is 0 Å². The van der Waals surface area contributed by atoms with Gasteiger partial charge in [-0.1, -0.05) is 0 Å². The van der Waals surface area contributed by atoms with Gasteiger partial charge in [0.15, 0.2) is 12.1 Å². The number of piperidine rings is 1. The summed E-state index contributed by atoms with van der Waals surface area (Å²) >= 11 is 0. The predicted octanol–water partition coefficient (Wildman–Crippen LogP) is 1.50. The third-order valence-corrected chi connectivity index (χ3v) is 3.59. The highest BCUT2D eigenvalue weighted by Crippen LogP contribution is 2.26. The zero-order valence-electron chi connectivity index (χ0n) is 10.2. The highest BCUT2D eigenvalue weighted by molar-refractivity contribution is 5.91.